The number of fused-ring (bicyclic) bond motifs is 2. The summed E-state index contributed by atoms with van der Waals surface area (Å²) in [7, 11) is 0. The number of Topliss-reactive ketones (excluding diaryl/α,β-unsaturated/α-hetero) is 1. The third-order valence-corrected chi connectivity index (χ3v) is 6.43. The molecule has 2 aromatic rings. The van der Waals surface area contributed by atoms with Gasteiger partial charge in [-0.1, -0.05) is 30.3 Å². The number of benzene rings is 2. The van der Waals surface area contributed by atoms with Crippen molar-refractivity contribution in [2.24, 2.45) is 5.92 Å². The van der Waals surface area contributed by atoms with Gasteiger partial charge in [0.05, 0.1) is 11.6 Å². The molecule has 2 saturated heterocycles. The maximum atomic E-state index is 13.3. The standard InChI is InChI=1S/C25H26N2O3/c1-16-10-19(14-26)11-17(2)23(16)24(28)20-12-21-8-9-22(13-20)27(21)25(29)30-15-18-6-4-3-5-7-18/h3-7,10-11,20-22H,8-9,12-13,15H2,1-2H3. The number of ketones is 1. The van der Waals surface area contributed by atoms with E-state index < -0.39 is 0 Å². The van der Waals surface area contributed by atoms with Crippen LogP contribution in [0.5, 0.6) is 0 Å². The summed E-state index contributed by atoms with van der Waals surface area (Å²) in [6.45, 7) is 4.05. The van der Waals surface area contributed by atoms with Crippen molar-refractivity contribution in [1.29, 1.82) is 5.26 Å². The second kappa shape index (κ2) is 8.31. The van der Waals surface area contributed by atoms with Crippen molar-refractivity contribution in [3.8, 4) is 6.07 Å². The molecule has 0 aliphatic carbocycles. The van der Waals surface area contributed by atoms with Gasteiger partial charge >= 0.3 is 6.09 Å². The summed E-state index contributed by atoms with van der Waals surface area (Å²) in [6, 6.07) is 15.5. The monoisotopic (exact) mass is 402 g/mol. The minimum atomic E-state index is -0.275. The predicted octanol–water partition coefficient (Wildman–Crippen LogP) is 4.94. The van der Waals surface area contributed by atoms with Crippen LogP contribution in [0.15, 0.2) is 42.5 Å². The lowest BCUT2D eigenvalue weighted by molar-refractivity contribution is 0.0484. The first-order valence-electron chi connectivity index (χ1n) is 10.5. The van der Waals surface area contributed by atoms with Gasteiger partial charge in [-0.3, -0.25) is 4.79 Å². The Bertz CT molecular complexity index is 972. The van der Waals surface area contributed by atoms with Crippen molar-refractivity contribution in [2.75, 3.05) is 0 Å². The van der Waals surface area contributed by atoms with Crippen molar-refractivity contribution in [2.45, 2.75) is 58.2 Å². The zero-order chi connectivity index (χ0) is 21.3. The summed E-state index contributed by atoms with van der Waals surface area (Å²) in [5, 5.41) is 9.16. The van der Waals surface area contributed by atoms with Crippen LogP contribution in [0, 0.1) is 31.1 Å². The first-order valence-corrected chi connectivity index (χ1v) is 10.5. The summed E-state index contributed by atoms with van der Waals surface area (Å²) < 4.78 is 5.56. The van der Waals surface area contributed by atoms with E-state index in [1.165, 1.54) is 0 Å². The van der Waals surface area contributed by atoms with Crippen LogP contribution in [0.1, 0.15) is 58.3 Å². The van der Waals surface area contributed by atoms with Crippen LogP contribution in [0.25, 0.3) is 0 Å². The van der Waals surface area contributed by atoms with Crippen molar-refractivity contribution in [1.82, 2.24) is 4.90 Å². The largest absolute Gasteiger partial charge is 0.445 e. The van der Waals surface area contributed by atoms with Crippen molar-refractivity contribution < 1.29 is 14.3 Å². The van der Waals surface area contributed by atoms with Gasteiger partial charge < -0.3 is 9.64 Å². The Morgan fingerprint density at radius 3 is 2.23 bits per heavy atom. The second-order valence-corrected chi connectivity index (χ2v) is 8.46. The predicted molar refractivity (Wildman–Crippen MR) is 113 cm³/mol. The summed E-state index contributed by atoms with van der Waals surface area (Å²) in [5.74, 6) is 0.0506. The molecule has 2 heterocycles. The molecular formula is C25H26N2O3. The lowest BCUT2D eigenvalue weighted by Crippen LogP contribution is -2.48. The third-order valence-electron chi connectivity index (χ3n) is 6.43. The molecule has 4 rings (SSSR count). The first kappa shape index (κ1) is 20.2. The van der Waals surface area contributed by atoms with E-state index in [1.54, 1.807) is 12.1 Å². The van der Waals surface area contributed by atoms with E-state index in [1.807, 2.05) is 49.1 Å². The molecule has 2 aromatic carbocycles. The second-order valence-electron chi connectivity index (χ2n) is 8.46. The number of aryl methyl sites for hydroxylation is 2. The van der Waals surface area contributed by atoms with Crippen LogP contribution >= 0.6 is 0 Å². The zero-order valence-electron chi connectivity index (χ0n) is 17.4. The molecule has 2 aliphatic heterocycles. The van der Waals surface area contributed by atoms with Crippen LogP contribution in [-0.2, 0) is 11.3 Å². The quantitative estimate of drug-likeness (QED) is 0.680. The van der Waals surface area contributed by atoms with Crippen LogP contribution in [0.2, 0.25) is 0 Å². The number of hydrogen-bond donors (Lipinski definition) is 0. The highest BCUT2D eigenvalue weighted by atomic mass is 16.6. The molecule has 2 atom stereocenters. The average Bonchev–Trinajstić information content (AvgIpc) is 3.01. The number of rotatable bonds is 4. The van der Waals surface area contributed by atoms with E-state index in [9.17, 15) is 9.59 Å². The summed E-state index contributed by atoms with van der Waals surface area (Å²) in [4.78, 5) is 27.9. The fraction of sp³-hybridized carbons (Fsp3) is 0.400. The Morgan fingerprint density at radius 2 is 1.67 bits per heavy atom. The van der Waals surface area contributed by atoms with Gasteiger partial charge in [0.1, 0.15) is 6.61 Å². The maximum absolute atomic E-state index is 13.3. The van der Waals surface area contributed by atoms with Gasteiger partial charge in [0.25, 0.3) is 0 Å². The minimum Gasteiger partial charge on any atom is -0.445 e. The van der Waals surface area contributed by atoms with Crippen molar-refractivity contribution in [3.63, 3.8) is 0 Å². The van der Waals surface area contributed by atoms with Crippen molar-refractivity contribution in [3.05, 3.63) is 70.3 Å². The van der Waals surface area contributed by atoms with Gasteiger partial charge in [0.2, 0.25) is 0 Å². The Labute approximate surface area is 177 Å². The first-order chi connectivity index (χ1) is 14.5. The van der Waals surface area contributed by atoms with E-state index in [0.29, 0.717) is 18.4 Å². The summed E-state index contributed by atoms with van der Waals surface area (Å²) >= 11 is 0. The SMILES string of the molecule is Cc1cc(C#N)cc(C)c1C(=O)C1CC2CCC(C1)N2C(=O)OCc1ccccc1. The molecule has 2 aliphatic rings. The highest BCUT2D eigenvalue weighted by molar-refractivity contribution is 6.00. The minimum absolute atomic E-state index is 0.0555. The molecule has 0 aromatic heterocycles. The number of hydrogen-bond acceptors (Lipinski definition) is 4. The maximum Gasteiger partial charge on any atom is 0.410 e. The van der Waals surface area contributed by atoms with E-state index in [0.717, 1.165) is 35.1 Å². The number of carbonyl (C=O) groups is 2. The Kier molecular flexibility index (Phi) is 5.59. The molecule has 1 amide bonds. The Morgan fingerprint density at radius 1 is 1.07 bits per heavy atom. The number of amides is 1. The summed E-state index contributed by atoms with van der Waals surface area (Å²) in [6.07, 6.45) is 2.91. The van der Waals surface area contributed by atoms with Crippen LogP contribution in [0.3, 0.4) is 0 Å². The van der Waals surface area contributed by atoms with Gasteiger partial charge in [-0.05, 0) is 68.4 Å². The topological polar surface area (TPSA) is 70.4 Å². The van der Waals surface area contributed by atoms with Gasteiger partial charge in [-0.25, -0.2) is 4.79 Å². The smallest absolute Gasteiger partial charge is 0.410 e. The van der Waals surface area contributed by atoms with Gasteiger partial charge in [0.15, 0.2) is 5.78 Å². The number of ether oxygens (including phenoxy) is 1. The van der Waals surface area contributed by atoms with E-state index in [2.05, 4.69) is 6.07 Å². The number of piperidine rings is 1. The molecule has 0 radical (unpaired) electrons. The summed E-state index contributed by atoms with van der Waals surface area (Å²) in [5.41, 5.74) is 3.99. The van der Waals surface area contributed by atoms with Crippen molar-refractivity contribution >= 4 is 11.9 Å². The molecular weight excluding hydrogens is 376 g/mol. The lowest BCUT2D eigenvalue weighted by Gasteiger charge is -2.37. The van der Waals surface area contributed by atoms with Crippen LogP contribution in [-0.4, -0.2) is 28.9 Å². The van der Waals surface area contributed by atoms with Gasteiger partial charge in [-0.2, -0.15) is 5.26 Å². The normalized spacial score (nSPS) is 22.4. The molecule has 2 unspecified atom stereocenters. The van der Waals surface area contributed by atoms with E-state index in [4.69, 9.17) is 10.00 Å². The number of carbonyl (C=O) groups excluding carboxylic acids is 2. The molecule has 154 valence electrons. The molecule has 0 saturated carbocycles. The molecule has 5 heteroatoms. The van der Waals surface area contributed by atoms with Crippen LogP contribution < -0.4 is 0 Å². The number of nitriles is 1. The zero-order valence-corrected chi connectivity index (χ0v) is 17.4. The average molecular weight is 402 g/mol. The van der Waals surface area contributed by atoms with Crippen LogP contribution in [0.4, 0.5) is 4.79 Å². The Balaban J connectivity index is 1.44. The van der Waals surface area contributed by atoms with Gasteiger partial charge in [0, 0.05) is 23.6 Å². The highest BCUT2D eigenvalue weighted by Gasteiger charge is 2.46. The molecule has 5 nitrogen and oxygen atoms in total. The molecule has 2 bridgehead atoms. The molecule has 2 fully saturated rings. The third kappa shape index (κ3) is 3.82. The highest BCUT2D eigenvalue weighted by Crippen LogP contribution is 2.41. The Hall–Kier alpha value is -3.13. The fourth-order valence-corrected chi connectivity index (χ4v) is 5.10. The molecule has 0 N–H and O–H groups in total. The molecule has 0 spiro atoms. The number of nitrogens with zero attached hydrogens (tertiary/aromatic N) is 2. The van der Waals surface area contributed by atoms with E-state index in [-0.39, 0.29) is 36.5 Å². The molecule has 30 heavy (non-hydrogen) atoms. The van der Waals surface area contributed by atoms with E-state index >= 15 is 0 Å². The fourth-order valence-electron chi connectivity index (χ4n) is 5.10. The van der Waals surface area contributed by atoms with Gasteiger partial charge in [-0.15, -0.1) is 0 Å². The lowest BCUT2D eigenvalue weighted by atomic mass is 9.82.